The number of rotatable bonds is 7. The Morgan fingerprint density at radius 2 is 1.68 bits per heavy atom. The molecule has 1 atom stereocenters. The molecule has 0 bridgehead atoms. The molecular weight excluding hydrogens is 547 g/mol. The number of nitrogens with zero attached hydrogens (tertiary/aromatic N) is 1. The Hall–Kier alpha value is -4.13. The Bertz CT molecular complexity index is 1700. The maximum atomic E-state index is 13.2. The number of allylic oxidation sites excluding steroid dienone is 4. The summed E-state index contributed by atoms with van der Waals surface area (Å²) >= 11 is 12.5. The molecule has 8 heteroatoms. The highest BCUT2D eigenvalue weighted by Crippen LogP contribution is 2.25. The molecule has 3 aromatic carbocycles. The van der Waals surface area contributed by atoms with Crippen molar-refractivity contribution in [1.82, 2.24) is 9.88 Å². The predicted octanol–water partition coefficient (Wildman–Crippen LogP) is 6.72. The Kier molecular flexibility index (Phi) is 8.19. The molecule has 40 heavy (non-hydrogen) atoms. The minimum Gasteiger partial charge on any atom is -0.430 e. The molecule has 0 spiro atoms. The van der Waals surface area contributed by atoms with Crippen LogP contribution in [0.3, 0.4) is 0 Å². The Morgan fingerprint density at radius 3 is 2.35 bits per heavy atom. The SMILES string of the molecule is Cc1cn(-c2ccc(C[C@H](NC(=O)c3c(Cl)cccc3Cl)C(=O)OC3=CC=CCC3)cc2)c(=O)c2ccccc12. The molecule has 5 rings (SSSR count). The number of carbonyl (C=O) groups is 2. The zero-order valence-corrected chi connectivity index (χ0v) is 23.2. The van der Waals surface area contributed by atoms with Gasteiger partial charge >= 0.3 is 5.97 Å². The lowest BCUT2D eigenvalue weighted by Crippen LogP contribution is -2.43. The van der Waals surface area contributed by atoms with E-state index in [0.717, 1.165) is 22.9 Å². The van der Waals surface area contributed by atoms with Gasteiger partial charge in [0.05, 0.1) is 15.6 Å². The maximum Gasteiger partial charge on any atom is 0.334 e. The molecule has 1 N–H and O–H groups in total. The minimum atomic E-state index is -1.01. The number of hydrogen-bond acceptors (Lipinski definition) is 4. The van der Waals surface area contributed by atoms with E-state index in [4.69, 9.17) is 27.9 Å². The fourth-order valence-electron chi connectivity index (χ4n) is 4.69. The highest BCUT2D eigenvalue weighted by atomic mass is 35.5. The number of fused-ring (bicyclic) bond motifs is 1. The lowest BCUT2D eigenvalue weighted by molar-refractivity contribution is -0.142. The van der Waals surface area contributed by atoms with Crippen molar-refractivity contribution in [2.75, 3.05) is 0 Å². The maximum absolute atomic E-state index is 13.2. The molecule has 1 amide bonds. The third-order valence-corrected chi connectivity index (χ3v) is 7.40. The molecule has 0 fully saturated rings. The van der Waals surface area contributed by atoms with Gasteiger partial charge in [-0.25, -0.2) is 4.79 Å². The minimum absolute atomic E-state index is 0.0878. The number of carbonyl (C=O) groups excluding carboxylic acids is 2. The van der Waals surface area contributed by atoms with Crippen LogP contribution in [0.1, 0.15) is 34.3 Å². The van der Waals surface area contributed by atoms with E-state index in [0.29, 0.717) is 23.3 Å². The van der Waals surface area contributed by atoms with Gasteiger partial charge in [-0.05, 0) is 66.3 Å². The number of ether oxygens (including phenoxy) is 1. The molecule has 0 radical (unpaired) electrons. The predicted molar refractivity (Wildman–Crippen MR) is 158 cm³/mol. The van der Waals surface area contributed by atoms with Gasteiger partial charge in [0.25, 0.3) is 11.5 Å². The van der Waals surface area contributed by atoms with Crippen LogP contribution in [0.5, 0.6) is 0 Å². The third kappa shape index (κ3) is 5.88. The molecule has 0 unspecified atom stereocenters. The summed E-state index contributed by atoms with van der Waals surface area (Å²) in [5.74, 6) is -0.641. The topological polar surface area (TPSA) is 77.4 Å². The van der Waals surface area contributed by atoms with Gasteiger partial charge in [0.1, 0.15) is 11.8 Å². The van der Waals surface area contributed by atoms with Gasteiger partial charge in [-0.1, -0.05) is 71.8 Å². The van der Waals surface area contributed by atoms with Gasteiger partial charge in [-0.15, -0.1) is 0 Å². The van der Waals surface area contributed by atoms with Gasteiger partial charge in [0.15, 0.2) is 0 Å². The highest BCUT2D eigenvalue weighted by Gasteiger charge is 2.26. The lowest BCUT2D eigenvalue weighted by atomic mass is 10.0. The van der Waals surface area contributed by atoms with E-state index in [9.17, 15) is 14.4 Å². The van der Waals surface area contributed by atoms with E-state index in [1.165, 1.54) is 0 Å². The van der Waals surface area contributed by atoms with Crippen LogP contribution in [0.25, 0.3) is 16.5 Å². The van der Waals surface area contributed by atoms with Crippen molar-refractivity contribution in [3.05, 3.63) is 134 Å². The standard InChI is InChI=1S/C32H26Cl2N2O4/c1-20-19-36(31(38)25-11-6-5-10-24(20)25)22-16-14-21(15-17-22)18-28(32(39)40-23-8-3-2-4-9-23)35-30(37)29-26(33)12-7-13-27(29)34/h2-3,5-8,10-17,19,28H,4,9,18H2,1H3,(H,35,37)/t28-/m0/s1. The van der Waals surface area contributed by atoms with Crippen LogP contribution in [0.15, 0.2) is 102 Å². The molecule has 0 saturated carbocycles. The number of benzene rings is 3. The van der Waals surface area contributed by atoms with Crippen LogP contribution in [0.4, 0.5) is 0 Å². The zero-order valence-electron chi connectivity index (χ0n) is 21.7. The fourth-order valence-corrected chi connectivity index (χ4v) is 5.26. The summed E-state index contributed by atoms with van der Waals surface area (Å²) in [5.41, 5.74) is 2.40. The second-order valence-electron chi connectivity index (χ2n) is 9.55. The zero-order chi connectivity index (χ0) is 28.2. The lowest BCUT2D eigenvalue weighted by Gasteiger charge is -2.20. The number of nitrogens with one attached hydrogen (secondary N) is 1. The Balaban J connectivity index is 1.42. The first-order chi connectivity index (χ1) is 19.3. The second kappa shape index (κ2) is 11.9. The van der Waals surface area contributed by atoms with Gasteiger partial charge in [0, 0.05) is 30.1 Å². The molecule has 6 nitrogen and oxygen atoms in total. The van der Waals surface area contributed by atoms with Crippen molar-refractivity contribution in [1.29, 1.82) is 0 Å². The van der Waals surface area contributed by atoms with Crippen LogP contribution >= 0.6 is 23.2 Å². The van der Waals surface area contributed by atoms with Crippen LogP contribution in [-0.2, 0) is 16.0 Å². The summed E-state index contributed by atoms with van der Waals surface area (Å²) in [6, 6.07) is 18.5. The summed E-state index contributed by atoms with van der Waals surface area (Å²) in [4.78, 5) is 39.5. The van der Waals surface area contributed by atoms with Crippen LogP contribution in [-0.4, -0.2) is 22.5 Å². The Labute approximate surface area is 241 Å². The molecule has 1 heterocycles. The fraction of sp³-hybridized carbons (Fsp3) is 0.156. The smallest absolute Gasteiger partial charge is 0.334 e. The van der Waals surface area contributed by atoms with E-state index in [-0.39, 0.29) is 27.6 Å². The van der Waals surface area contributed by atoms with Gasteiger partial charge < -0.3 is 10.1 Å². The molecule has 202 valence electrons. The molecule has 4 aromatic rings. The quantitative estimate of drug-likeness (QED) is 0.249. The van der Waals surface area contributed by atoms with E-state index in [2.05, 4.69) is 5.32 Å². The van der Waals surface area contributed by atoms with Crippen LogP contribution in [0.2, 0.25) is 10.0 Å². The average molecular weight is 573 g/mol. The van der Waals surface area contributed by atoms with Crippen molar-refractivity contribution < 1.29 is 14.3 Å². The van der Waals surface area contributed by atoms with Crippen molar-refractivity contribution in [2.45, 2.75) is 32.2 Å². The van der Waals surface area contributed by atoms with Crippen molar-refractivity contribution in [3.63, 3.8) is 0 Å². The van der Waals surface area contributed by atoms with Gasteiger partial charge in [-0.2, -0.15) is 0 Å². The monoisotopic (exact) mass is 572 g/mol. The second-order valence-corrected chi connectivity index (χ2v) is 10.4. The molecule has 0 saturated heterocycles. The largest absolute Gasteiger partial charge is 0.430 e. The highest BCUT2D eigenvalue weighted by molar-refractivity contribution is 6.39. The number of pyridine rings is 1. The van der Waals surface area contributed by atoms with Crippen LogP contribution < -0.4 is 10.9 Å². The van der Waals surface area contributed by atoms with Gasteiger partial charge in [-0.3, -0.25) is 14.2 Å². The van der Waals surface area contributed by atoms with E-state index in [1.807, 2.05) is 73.8 Å². The number of aryl methyl sites for hydroxylation is 1. The summed E-state index contributed by atoms with van der Waals surface area (Å²) < 4.78 is 7.24. The number of esters is 1. The first-order valence-corrected chi connectivity index (χ1v) is 13.6. The van der Waals surface area contributed by atoms with E-state index >= 15 is 0 Å². The number of hydrogen-bond donors (Lipinski definition) is 1. The normalized spacial score (nSPS) is 13.5. The average Bonchev–Trinajstić information content (AvgIpc) is 2.95. The molecule has 1 aliphatic rings. The molecular formula is C32H26Cl2N2O4. The first-order valence-electron chi connectivity index (χ1n) is 12.8. The number of amides is 1. The number of halogens is 2. The van der Waals surface area contributed by atoms with E-state index in [1.54, 1.807) is 28.8 Å². The van der Waals surface area contributed by atoms with Crippen molar-refractivity contribution in [2.24, 2.45) is 0 Å². The third-order valence-electron chi connectivity index (χ3n) is 6.77. The number of aromatic nitrogens is 1. The molecule has 0 aliphatic heterocycles. The summed E-state index contributed by atoms with van der Waals surface area (Å²) in [6.07, 6.45) is 8.89. The summed E-state index contributed by atoms with van der Waals surface area (Å²) in [7, 11) is 0. The molecule has 1 aromatic heterocycles. The van der Waals surface area contributed by atoms with Crippen LogP contribution in [0, 0.1) is 6.92 Å². The first kappa shape index (κ1) is 27.4. The van der Waals surface area contributed by atoms with Crippen molar-refractivity contribution >= 4 is 45.9 Å². The Morgan fingerprint density at radius 1 is 0.975 bits per heavy atom. The van der Waals surface area contributed by atoms with Crippen molar-refractivity contribution in [3.8, 4) is 5.69 Å². The summed E-state index contributed by atoms with van der Waals surface area (Å²) in [6.45, 7) is 1.97. The summed E-state index contributed by atoms with van der Waals surface area (Å²) in [5, 5.41) is 4.67. The molecule has 1 aliphatic carbocycles. The van der Waals surface area contributed by atoms with E-state index < -0.39 is 17.9 Å². The van der Waals surface area contributed by atoms with Gasteiger partial charge in [0.2, 0.25) is 0 Å².